The highest BCUT2D eigenvalue weighted by Crippen LogP contribution is 2.40. The number of aryl methyl sites for hydroxylation is 1. The maximum absolute atomic E-state index is 14.8. The third kappa shape index (κ3) is 2.93. The van der Waals surface area contributed by atoms with E-state index >= 15 is 0 Å². The van der Waals surface area contributed by atoms with E-state index in [-0.39, 0.29) is 11.4 Å². The average Bonchev–Trinajstić information content (AvgIpc) is 3.03. The van der Waals surface area contributed by atoms with E-state index in [1.807, 2.05) is 13.0 Å². The number of pyridine rings is 1. The zero-order valence-electron chi connectivity index (χ0n) is 12.7. The van der Waals surface area contributed by atoms with Gasteiger partial charge in [-0.3, -0.25) is 0 Å². The van der Waals surface area contributed by atoms with E-state index in [0.29, 0.717) is 27.4 Å². The molecule has 0 unspecified atom stereocenters. The second-order valence-electron chi connectivity index (χ2n) is 6.46. The van der Waals surface area contributed by atoms with Gasteiger partial charge in [-0.2, -0.15) is 9.49 Å². The van der Waals surface area contributed by atoms with Crippen molar-refractivity contribution in [2.45, 2.75) is 46.1 Å². The minimum absolute atomic E-state index is 0.148. The molecule has 0 radical (unpaired) electrons. The second kappa shape index (κ2) is 5.93. The van der Waals surface area contributed by atoms with Crippen LogP contribution in [0.15, 0.2) is 16.9 Å². The minimum Gasteiger partial charge on any atom is -0.239 e. The van der Waals surface area contributed by atoms with E-state index < -0.39 is 0 Å². The van der Waals surface area contributed by atoms with E-state index in [2.05, 4.69) is 32.9 Å². The van der Waals surface area contributed by atoms with Crippen molar-refractivity contribution in [3.8, 4) is 11.1 Å². The standard InChI is InChI=1S/C16H18BrClFN3/c1-10-7-11(13(17)21-14(10)18)12-8-20-22(15(12)19)9-16(2)5-3-4-6-16/h7-8H,3-6,9H2,1-2H3. The van der Waals surface area contributed by atoms with Gasteiger partial charge in [0.1, 0.15) is 9.76 Å². The van der Waals surface area contributed by atoms with Gasteiger partial charge in [-0.05, 0) is 52.7 Å². The van der Waals surface area contributed by atoms with Gasteiger partial charge in [-0.25, -0.2) is 9.67 Å². The molecule has 0 N–H and O–H groups in total. The van der Waals surface area contributed by atoms with Gasteiger partial charge >= 0.3 is 0 Å². The minimum atomic E-state index is -0.308. The summed E-state index contributed by atoms with van der Waals surface area (Å²) in [5.74, 6) is -0.308. The fourth-order valence-electron chi connectivity index (χ4n) is 3.17. The summed E-state index contributed by atoms with van der Waals surface area (Å²) in [5, 5.41) is 4.67. The largest absolute Gasteiger partial charge is 0.239 e. The number of nitrogens with zero attached hydrogens (tertiary/aromatic N) is 3. The van der Waals surface area contributed by atoms with Crippen molar-refractivity contribution in [1.82, 2.24) is 14.8 Å². The lowest BCUT2D eigenvalue weighted by atomic mass is 9.89. The summed E-state index contributed by atoms with van der Waals surface area (Å²) >= 11 is 9.36. The molecule has 6 heteroatoms. The number of hydrogen-bond acceptors (Lipinski definition) is 2. The Morgan fingerprint density at radius 1 is 1.36 bits per heavy atom. The highest BCUT2D eigenvalue weighted by atomic mass is 79.9. The van der Waals surface area contributed by atoms with Crippen LogP contribution in [-0.2, 0) is 6.54 Å². The van der Waals surface area contributed by atoms with Gasteiger partial charge in [0.05, 0.1) is 11.8 Å². The predicted molar refractivity (Wildman–Crippen MR) is 89.4 cm³/mol. The Kier molecular flexibility index (Phi) is 4.29. The fourth-order valence-corrected chi connectivity index (χ4v) is 3.92. The van der Waals surface area contributed by atoms with Crippen molar-refractivity contribution in [3.05, 3.63) is 33.5 Å². The Balaban J connectivity index is 1.95. The van der Waals surface area contributed by atoms with Crippen LogP contribution in [0.25, 0.3) is 11.1 Å². The second-order valence-corrected chi connectivity index (χ2v) is 7.57. The molecule has 118 valence electrons. The molecule has 2 aromatic heterocycles. The molecule has 0 aromatic carbocycles. The molecular formula is C16H18BrClFN3. The molecule has 0 spiro atoms. The maximum Gasteiger partial charge on any atom is 0.219 e. The Morgan fingerprint density at radius 2 is 2.05 bits per heavy atom. The first kappa shape index (κ1) is 15.9. The van der Waals surface area contributed by atoms with Gasteiger partial charge in [0.2, 0.25) is 5.95 Å². The quantitative estimate of drug-likeness (QED) is 0.662. The van der Waals surface area contributed by atoms with Crippen LogP contribution in [0.1, 0.15) is 38.2 Å². The fraction of sp³-hybridized carbons (Fsp3) is 0.500. The first-order valence-electron chi connectivity index (χ1n) is 7.44. The van der Waals surface area contributed by atoms with Crippen molar-refractivity contribution >= 4 is 27.5 Å². The molecule has 0 bridgehead atoms. The van der Waals surface area contributed by atoms with Crippen LogP contribution in [0.4, 0.5) is 4.39 Å². The van der Waals surface area contributed by atoms with Crippen molar-refractivity contribution in [3.63, 3.8) is 0 Å². The molecule has 2 aromatic rings. The molecule has 0 aliphatic heterocycles. The Hall–Kier alpha value is -0.940. The van der Waals surface area contributed by atoms with Crippen molar-refractivity contribution in [2.24, 2.45) is 5.41 Å². The van der Waals surface area contributed by atoms with Gasteiger partial charge in [0.25, 0.3) is 0 Å². The molecular weight excluding hydrogens is 369 g/mol. The highest BCUT2D eigenvalue weighted by Gasteiger charge is 2.31. The summed E-state index contributed by atoms with van der Waals surface area (Å²) in [5.41, 5.74) is 2.10. The molecule has 1 aliphatic rings. The molecule has 3 nitrogen and oxygen atoms in total. The van der Waals surface area contributed by atoms with Gasteiger partial charge in [-0.15, -0.1) is 0 Å². The van der Waals surface area contributed by atoms with E-state index in [0.717, 1.165) is 18.4 Å². The Morgan fingerprint density at radius 3 is 2.73 bits per heavy atom. The zero-order valence-corrected chi connectivity index (χ0v) is 15.0. The van der Waals surface area contributed by atoms with E-state index in [1.165, 1.54) is 17.5 Å². The normalized spacial score (nSPS) is 17.1. The van der Waals surface area contributed by atoms with Crippen LogP contribution < -0.4 is 0 Å². The van der Waals surface area contributed by atoms with Crippen molar-refractivity contribution in [2.75, 3.05) is 0 Å². The zero-order chi connectivity index (χ0) is 15.9. The number of rotatable bonds is 3. The molecule has 2 heterocycles. The third-order valence-corrected chi connectivity index (χ3v) is 5.50. The average molecular weight is 387 g/mol. The molecule has 22 heavy (non-hydrogen) atoms. The van der Waals surface area contributed by atoms with Gasteiger partial charge in [0.15, 0.2) is 0 Å². The molecule has 0 amide bonds. The SMILES string of the molecule is Cc1cc(-c2cnn(CC3(C)CCCC3)c2F)c(Br)nc1Cl. The molecule has 3 rings (SSSR count). The van der Waals surface area contributed by atoms with Crippen LogP contribution in [-0.4, -0.2) is 14.8 Å². The molecule has 1 aliphatic carbocycles. The lowest BCUT2D eigenvalue weighted by Crippen LogP contribution is -2.21. The van der Waals surface area contributed by atoms with Gasteiger partial charge in [-0.1, -0.05) is 31.4 Å². The van der Waals surface area contributed by atoms with Crippen LogP contribution in [0.2, 0.25) is 5.15 Å². The summed E-state index contributed by atoms with van der Waals surface area (Å²) in [7, 11) is 0. The van der Waals surface area contributed by atoms with Gasteiger partial charge < -0.3 is 0 Å². The van der Waals surface area contributed by atoms with Crippen molar-refractivity contribution in [1.29, 1.82) is 0 Å². The maximum atomic E-state index is 14.8. The summed E-state index contributed by atoms with van der Waals surface area (Å²) < 4.78 is 16.8. The number of hydrogen-bond donors (Lipinski definition) is 0. The van der Waals surface area contributed by atoms with E-state index in [1.54, 1.807) is 6.20 Å². The summed E-state index contributed by atoms with van der Waals surface area (Å²) in [6, 6.07) is 1.83. The lowest BCUT2D eigenvalue weighted by molar-refractivity contribution is 0.249. The first-order valence-corrected chi connectivity index (χ1v) is 8.61. The molecule has 0 atom stereocenters. The van der Waals surface area contributed by atoms with Crippen molar-refractivity contribution < 1.29 is 4.39 Å². The third-order valence-electron chi connectivity index (χ3n) is 4.51. The van der Waals surface area contributed by atoms with Crippen LogP contribution >= 0.6 is 27.5 Å². The molecule has 1 saturated carbocycles. The van der Waals surface area contributed by atoms with Crippen LogP contribution in [0.3, 0.4) is 0 Å². The Labute approximate surface area is 143 Å². The topological polar surface area (TPSA) is 30.7 Å². The van der Waals surface area contributed by atoms with Crippen LogP contribution in [0, 0.1) is 18.3 Å². The van der Waals surface area contributed by atoms with E-state index in [9.17, 15) is 4.39 Å². The van der Waals surface area contributed by atoms with E-state index in [4.69, 9.17) is 11.6 Å². The lowest BCUT2D eigenvalue weighted by Gasteiger charge is -2.23. The smallest absolute Gasteiger partial charge is 0.219 e. The number of aromatic nitrogens is 3. The van der Waals surface area contributed by atoms with Crippen LogP contribution in [0.5, 0.6) is 0 Å². The summed E-state index contributed by atoms with van der Waals surface area (Å²) in [6.07, 6.45) is 6.28. The monoisotopic (exact) mass is 385 g/mol. The summed E-state index contributed by atoms with van der Waals surface area (Å²) in [4.78, 5) is 4.20. The van der Waals surface area contributed by atoms with Gasteiger partial charge in [0, 0.05) is 12.1 Å². The highest BCUT2D eigenvalue weighted by molar-refractivity contribution is 9.10. The first-order chi connectivity index (χ1) is 10.4. The number of halogens is 3. The summed E-state index contributed by atoms with van der Waals surface area (Å²) in [6.45, 7) is 4.69. The molecule has 0 saturated heterocycles. The predicted octanol–water partition coefficient (Wildman–Crippen LogP) is 5.39. The molecule has 1 fully saturated rings. The Bertz CT molecular complexity index is 708.